The molecule has 2 aromatic rings. The Labute approximate surface area is 214 Å². The number of fused-ring (bicyclic) bond motifs is 1. The first-order chi connectivity index (χ1) is 15.8. The number of halogens is 1. The predicted octanol–water partition coefficient (Wildman–Crippen LogP) is 3.30. The van der Waals surface area contributed by atoms with E-state index in [-0.39, 0.29) is 24.0 Å². The SMILES string of the molecule is CN=C(NCCCCN1CCN(Cc2ccccc2)CC1)NCc1ccc2c(c1)OCO2.I. The molecule has 1 fully saturated rings. The average molecular weight is 566 g/mol. The molecular formula is C25H36IN5O2. The summed E-state index contributed by atoms with van der Waals surface area (Å²) in [6.45, 7) is 8.81. The minimum absolute atomic E-state index is 0. The van der Waals surface area contributed by atoms with Crippen LogP contribution in [-0.2, 0) is 13.1 Å². The molecular weight excluding hydrogens is 529 g/mol. The molecule has 1 saturated heterocycles. The second-order valence-corrected chi connectivity index (χ2v) is 8.35. The van der Waals surface area contributed by atoms with Gasteiger partial charge in [0, 0.05) is 52.9 Å². The topological polar surface area (TPSA) is 61.4 Å². The van der Waals surface area contributed by atoms with Gasteiger partial charge in [0.25, 0.3) is 0 Å². The first-order valence-electron chi connectivity index (χ1n) is 11.6. The summed E-state index contributed by atoms with van der Waals surface area (Å²) in [5.41, 5.74) is 2.55. The Balaban J connectivity index is 0.00000306. The maximum atomic E-state index is 5.44. The third kappa shape index (κ3) is 8.04. The van der Waals surface area contributed by atoms with Gasteiger partial charge in [-0.3, -0.25) is 9.89 Å². The zero-order valence-corrected chi connectivity index (χ0v) is 21.8. The fourth-order valence-corrected chi connectivity index (χ4v) is 4.14. The fourth-order valence-electron chi connectivity index (χ4n) is 4.14. The van der Waals surface area contributed by atoms with Crippen LogP contribution in [0.1, 0.15) is 24.0 Å². The summed E-state index contributed by atoms with van der Waals surface area (Å²) in [5, 5.41) is 6.79. The van der Waals surface area contributed by atoms with Crippen LogP contribution in [0.3, 0.4) is 0 Å². The van der Waals surface area contributed by atoms with Gasteiger partial charge in [0.1, 0.15) is 0 Å². The highest BCUT2D eigenvalue weighted by atomic mass is 127. The van der Waals surface area contributed by atoms with Gasteiger partial charge in [-0.05, 0) is 42.6 Å². The predicted molar refractivity (Wildman–Crippen MR) is 144 cm³/mol. The van der Waals surface area contributed by atoms with Crippen LogP contribution in [0.4, 0.5) is 0 Å². The molecule has 2 N–H and O–H groups in total. The molecule has 2 aromatic carbocycles. The van der Waals surface area contributed by atoms with E-state index in [1.165, 1.54) is 31.6 Å². The molecule has 7 nitrogen and oxygen atoms in total. The smallest absolute Gasteiger partial charge is 0.231 e. The number of aliphatic imine (C=N–C) groups is 1. The van der Waals surface area contributed by atoms with Crippen LogP contribution in [0, 0.1) is 0 Å². The number of hydrogen-bond donors (Lipinski definition) is 2. The molecule has 0 atom stereocenters. The molecule has 0 aromatic heterocycles. The van der Waals surface area contributed by atoms with Crippen LogP contribution in [-0.4, -0.2) is 68.9 Å². The number of benzene rings is 2. The van der Waals surface area contributed by atoms with Crippen molar-refractivity contribution in [2.45, 2.75) is 25.9 Å². The van der Waals surface area contributed by atoms with Crippen LogP contribution in [0.5, 0.6) is 11.5 Å². The summed E-state index contributed by atoms with van der Waals surface area (Å²) in [6.07, 6.45) is 2.33. The highest BCUT2D eigenvalue weighted by Gasteiger charge is 2.16. The van der Waals surface area contributed by atoms with Gasteiger partial charge in [0.05, 0.1) is 0 Å². The van der Waals surface area contributed by atoms with Crippen molar-refractivity contribution < 1.29 is 9.47 Å². The van der Waals surface area contributed by atoms with Gasteiger partial charge >= 0.3 is 0 Å². The summed E-state index contributed by atoms with van der Waals surface area (Å²) in [7, 11) is 1.81. The van der Waals surface area contributed by atoms with Crippen LogP contribution in [0.25, 0.3) is 0 Å². The Morgan fingerprint density at radius 3 is 2.42 bits per heavy atom. The number of rotatable bonds is 9. The van der Waals surface area contributed by atoms with Crippen LogP contribution < -0.4 is 20.1 Å². The molecule has 2 aliphatic heterocycles. The Hall–Kier alpha value is -2.04. The van der Waals surface area contributed by atoms with E-state index in [9.17, 15) is 0 Å². The fraction of sp³-hybridized carbons (Fsp3) is 0.480. The van der Waals surface area contributed by atoms with Crippen molar-refractivity contribution >= 4 is 29.9 Å². The minimum atomic E-state index is 0. The number of ether oxygens (including phenoxy) is 2. The molecule has 0 bridgehead atoms. The molecule has 0 amide bonds. The second kappa shape index (κ2) is 13.6. The largest absolute Gasteiger partial charge is 0.454 e. The third-order valence-electron chi connectivity index (χ3n) is 6.03. The molecule has 4 rings (SSSR count). The van der Waals surface area contributed by atoms with Crippen molar-refractivity contribution in [2.24, 2.45) is 4.99 Å². The van der Waals surface area contributed by atoms with E-state index in [0.717, 1.165) is 55.6 Å². The van der Waals surface area contributed by atoms with E-state index >= 15 is 0 Å². The Bertz CT molecular complexity index is 872. The lowest BCUT2D eigenvalue weighted by Crippen LogP contribution is -2.46. The van der Waals surface area contributed by atoms with E-state index in [4.69, 9.17) is 9.47 Å². The molecule has 0 aliphatic carbocycles. The van der Waals surface area contributed by atoms with E-state index in [0.29, 0.717) is 13.3 Å². The van der Waals surface area contributed by atoms with Crippen molar-refractivity contribution in [3.8, 4) is 11.5 Å². The van der Waals surface area contributed by atoms with Crippen LogP contribution in [0.2, 0.25) is 0 Å². The summed E-state index contributed by atoms with van der Waals surface area (Å²) in [4.78, 5) is 9.48. The maximum Gasteiger partial charge on any atom is 0.231 e. The van der Waals surface area contributed by atoms with Crippen molar-refractivity contribution in [3.63, 3.8) is 0 Å². The number of piperazine rings is 1. The molecule has 2 heterocycles. The molecule has 0 radical (unpaired) electrons. The van der Waals surface area contributed by atoms with Crippen molar-refractivity contribution in [1.29, 1.82) is 0 Å². The minimum Gasteiger partial charge on any atom is -0.454 e. The Morgan fingerprint density at radius 1 is 0.879 bits per heavy atom. The second-order valence-electron chi connectivity index (χ2n) is 8.35. The number of hydrogen-bond acceptors (Lipinski definition) is 5. The zero-order chi connectivity index (χ0) is 22.0. The van der Waals surface area contributed by atoms with Crippen molar-refractivity contribution in [1.82, 2.24) is 20.4 Å². The molecule has 8 heteroatoms. The quantitative estimate of drug-likeness (QED) is 0.211. The summed E-state index contributed by atoms with van der Waals surface area (Å²) < 4.78 is 10.8. The number of guanidine groups is 1. The van der Waals surface area contributed by atoms with Crippen LogP contribution in [0.15, 0.2) is 53.5 Å². The van der Waals surface area contributed by atoms with E-state index in [1.54, 1.807) is 0 Å². The lowest BCUT2D eigenvalue weighted by Gasteiger charge is -2.34. The number of nitrogens with one attached hydrogen (secondary N) is 2. The monoisotopic (exact) mass is 565 g/mol. The lowest BCUT2D eigenvalue weighted by atomic mass is 10.2. The van der Waals surface area contributed by atoms with Gasteiger partial charge in [-0.15, -0.1) is 24.0 Å². The molecule has 0 spiro atoms. The van der Waals surface area contributed by atoms with E-state index < -0.39 is 0 Å². The summed E-state index contributed by atoms with van der Waals surface area (Å²) >= 11 is 0. The standard InChI is InChI=1S/C25H35N5O2.HI/c1-26-25(28-18-22-9-10-23-24(17-22)32-20-31-23)27-11-5-6-12-29-13-15-30(16-14-29)19-21-7-3-2-4-8-21;/h2-4,7-10,17H,5-6,11-16,18-20H2,1H3,(H2,26,27,28);1H. The van der Waals surface area contributed by atoms with Gasteiger partial charge in [-0.2, -0.15) is 0 Å². The van der Waals surface area contributed by atoms with Gasteiger partial charge in [0.2, 0.25) is 6.79 Å². The van der Waals surface area contributed by atoms with Gasteiger partial charge in [-0.25, -0.2) is 0 Å². The molecule has 180 valence electrons. The molecule has 0 saturated carbocycles. The summed E-state index contributed by atoms with van der Waals surface area (Å²) in [5.74, 6) is 2.46. The van der Waals surface area contributed by atoms with Gasteiger partial charge in [-0.1, -0.05) is 36.4 Å². The molecule has 2 aliphatic rings. The number of unbranched alkanes of at least 4 members (excludes halogenated alkanes) is 1. The maximum absolute atomic E-state index is 5.44. The summed E-state index contributed by atoms with van der Waals surface area (Å²) in [6, 6.07) is 16.8. The molecule has 33 heavy (non-hydrogen) atoms. The van der Waals surface area contributed by atoms with E-state index in [1.807, 2.05) is 25.2 Å². The highest BCUT2D eigenvalue weighted by molar-refractivity contribution is 14.0. The third-order valence-corrected chi connectivity index (χ3v) is 6.03. The van der Waals surface area contributed by atoms with E-state index in [2.05, 4.69) is 55.8 Å². The lowest BCUT2D eigenvalue weighted by molar-refractivity contribution is 0.126. The van der Waals surface area contributed by atoms with Crippen LogP contribution >= 0.6 is 24.0 Å². The Kier molecular flexibility index (Phi) is 10.6. The Morgan fingerprint density at radius 2 is 1.64 bits per heavy atom. The van der Waals surface area contributed by atoms with Gasteiger partial charge < -0.3 is 25.0 Å². The first-order valence-corrected chi connectivity index (χ1v) is 11.6. The van der Waals surface area contributed by atoms with Crippen molar-refractivity contribution in [3.05, 3.63) is 59.7 Å². The average Bonchev–Trinajstić information content (AvgIpc) is 3.30. The normalized spacial score (nSPS) is 16.3. The zero-order valence-electron chi connectivity index (χ0n) is 19.5. The molecule has 0 unspecified atom stereocenters. The highest BCUT2D eigenvalue weighted by Crippen LogP contribution is 2.32. The first kappa shape index (κ1) is 25.6. The number of nitrogens with zero attached hydrogens (tertiary/aromatic N) is 3. The van der Waals surface area contributed by atoms with Gasteiger partial charge in [0.15, 0.2) is 17.5 Å². The van der Waals surface area contributed by atoms with Crippen molar-refractivity contribution in [2.75, 3.05) is 53.1 Å².